The number of carbonyl (C=O) groups is 1. The summed E-state index contributed by atoms with van der Waals surface area (Å²) in [5, 5.41) is 7.02. The van der Waals surface area contributed by atoms with Gasteiger partial charge in [-0.05, 0) is 48.6 Å². The van der Waals surface area contributed by atoms with Crippen LogP contribution < -0.4 is 10.6 Å². The summed E-state index contributed by atoms with van der Waals surface area (Å²) in [7, 11) is 0. The second-order valence-electron chi connectivity index (χ2n) is 6.61. The molecule has 0 bridgehead atoms. The van der Waals surface area contributed by atoms with Crippen molar-refractivity contribution >= 4 is 23.2 Å². The lowest BCUT2D eigenvalue weighted by Crippen LogP contribution is -2.25. The average molecular weight is 394 g/mol. The Labute approximate surface area is 171 Å². The molecule has 0 fully saturated rings. The van der Waals surface area contributed by atoms with Crippen molar-refractivity contribution in [1.29, 1.82) is 0 Å². The van der Waals surface area contributed by atoms with Gasteiger partial charge in [0, 0.05) is 30.5 Å². The highest BCUT2D eigenvalue weighted by Gasteiger charge is 2.06. The third kappa shape index (κ3) is 6.39. The van der Waals surface area contributed by atoms with Crippen LogP contribution in [0.4, 0.5) is 5.69 Å². The summed E-state index contributed by atoms with van der Waals surface area (Å²) in [6, 6.07) is 19.9. The van der Waals surface area contributed by atoms with Crippen molar-refractivity contribution in [1.82, 2.24) is 10.3 Å². The number of halogens is 1. The first-order valence-corrected chi connectivity index (χ1v) is 9.84. The molecule has 0 spiro atoms. The summed E-state index contributed by atoms with van der Waals surface area (Å²) in [5.41, 5.74) is 3.89. The molecule has 4 nitrogen and oxygen atoms in total. The van der Waals surface area contributed by atoms with E-state index >= 15 is 0 Å². The highest BCUT2D eigenvalue weighted by atomic mass is 35.5. The summed E-state index contributed by atoms with van der Waals surface area (Å²) >= 11 is 5.90. The molecular weight excluding hydrogens is 370 g/mol. The number of aryl methyl sites for hydroxylation is 1. The molecule has 2 aromatic carbocycles. The van der Waals surface area contributed by atoms with E-state index in [1.165, 1.54) is 11.1 Å². The van der Waals surface area contributed by atoms with E-state index in [0.29, 0.717) is 12.1 Å². The van der Waals surface area contributed by atoms with Gasteiger partial charge in [-0.3, -0.25) is 9.78 Å². The summed E-state index contributed by atoms with van der Waals surface area (Å²) < 4.78 is 0. The number of nitrogens with one attached hydrogen (secondary N) is 2. The molecule has 0 radical (unpaired) electrons. The predicted molar refractivity (Wildman–Crippen MR) is 115 cm³/mol. The Morgan fingerprint density at radius 2 is 1.64 bits per heavy atom. The minimum atomic E-state index is -0.0955. The van der Waals surface area contributed by atoms with Crippen LogP contribution in [-0.4, -0.2) is 24.0 Å². The Balaban J connectivity index is 1.42. The van der Waals surface area contributed by atoms with Gasteiger partial charge in [-0.25, -0.2) is 0 Å². The van der Waals surface area contributed by atoms with Crippen LogP contribution in [0, 0.1) is 0 Å². The van der Waals surface area contributed by atoms with Gasteiger partial charge in [-0.15, -0.1) is 0 Å². The standard InChI is InChI=1S/C23H24ClN3O/c24-21-10-8-19(9-11-21)12-14-26-22-15-20(16-25-17-22)23(28)27-13-4-7-18-5-2-1-3-6-18/h1-3,5-6,8-11,15-17,26H,4,7,12-14H2,(H,27,28). The lowest BCUT2D eigenvalue weighted by Gasteiger charge is -2.09. The van der Waals surface area contributed by atoms with E-state index in [9.17, 15) is 4.79 Å². The number of nitrogens with zero attached hydrogens (tertiary/aromatic N) is 1. The van der Waals surface area contributed by atoms with E-state index in [1.807, 2.05) is 48.5 Å². The summed E-state index contributed by atoms with van der Waals surface area (Å²) in [5.74, 6) is -0.0955. The minimum Gasteiger partial charge on any atom is -0.383 e. The third-order valence-electron chi connectivity index (χ3n) is 4.43. The second-order valence-corrected chi connectivity index (χ2v) is 7.05. The molecule has 0 unspecified atom stereocenters. The van der Waals surface area contributed by atoms with Gasteiger partial charge in [0.25, 0.3) is 5.91 Å². The summed E-state index contributed by atoms with van der Waals surface area (Å²) in [6.07, 6.45) is 6.05. The Morgan fingerprint density at radius 1 is 0.893 bits per heavy atom. The van der Waals surface area contributed by atoms with E-state index in [1.54, 1.807) is 12.4 Å². The number of hydrogen-bond acceptors (Lipinski definition) is 3. The second kappa shape index (κ2) is 10.5. The van der Waals surface area contributed by atoms with E-state index in [2.05, 4.69) is 27.8 Å². The number of pyridine rings is 1. The van der Waals surface area contributed by atoms with Crippen LogP contribution in [0.5, 0.6) is 0 Å². The van der Waals surface area contributed by atoms with Crippen LogP contribution in [-0.2, 0) is 12.8 Å². The highest BCUT2D eigenvalue weighted by molar-refractivity contribution is 6.30. The summed E-state index contributed by atoms with van der Waals surface area (Å²) in [6.45, 7) is 1.40. The van der Waals surface area contributed by atoms with Crippen molar-refractivity contribution in [2.75, 3.05) is 18.4 Å². The number of amides is 1. The normalized spacial score (nSPS) is 10.5. The topological polar surface area (TPSA) is 54.0 Å². The maximum atomic E-state index is 12.3. The zero-order valence-electron chi connectivity index (χ0n) is 15.7. The lowest BCUT2D eigenvalue weighted by atomic mass is 10.1. The Bertz CT molecular complexity index is 882. The van der Waals surface area contributed by atoms with Crippen LogP contribution in [0.15, 0.2) is 73.1 Å². The first-order valence-electron chi connectivity index (χ1n) is 9.46. The first-order chi connectivity index (χ1) is 13.7. The third-order valence-corrected chi connectivity index (χ3v) is 4.68. The SMILES string of the molecule is O=C(NCCCc1ccccc1)c1cncc(NCCc2ccc(Cl)cc2)c1. The van der Waals surface area contributed by atoms with Crippen molar-refractivity contribution < 1.29 is 4.79 Å². The van der Waals surface area contributed by atoms with Gasteiger partial charge in [0.2, 0.25) is 0 Å². The van der Waals surface area contributed by atoms with Gasteiger partial charge in [0.1, 0.15) is 0 Å². The molecule has 1 aromatic heterocycles. The molecule has 144 valence electrons. The molecule has 0 saturated heterocycles. The molecule has 1 heterocycles. The van der Waals surface area contributed by atoms with Crippen LogP contribution in [0.25, 0.3) is 0 Å². The molecule has 0 aliphatic heterocycles. The van der Waals surface area contributed by atoms with Crippen LogP contribution in [0.1, 0.15) is 27.9 Å². The maximum Gasteiger partial charge on any atom is 0.252 e. The van der Waals surface area contributed by atoms with Crippen LogP contribution >= 0.6 is 11.6 Å². The monoisotopic (exact) mass is 393 g/mol. The van der Waals surface area contributed by atoms with Gasteiger partial charge >= 0.3 is 0 Å². The molecule has 3 aromatic rings. The number of anilines is 1. The number of carbonyl (C=O) groups excluding carboxylic acids is 1. The average Bonchev–Trinajstić information content (AvgIpc) is 2.73. The molecule has 0 aliphatic rings. The Morgan fingerprint density at radius 3 is 2.43 bits per heavy atom. The highest BCUT2D eigenvalue weighted by Crippen LogP contribution is 2.12. The lowest BCUT2D eigenvalue weighted by molar-refractivity contribution is 0.0953. The number of hydrogen-bond donors (Lipinski definition) is 2. The van der Waals surface area contributed by atoms with Crippen molar-refractivity contribution in [3.05, 3.63) is 94.8 Å². The van der Waals surface area contributed by atoms with Gasteiger partial charge in [0.15, 0.2) is 0 Å². The van der Waals surface area contributed by atoms with E-state index in [4.69, 9.17) is 11.6 Å². The van der Waals surface area contributed by atoms with E-state index in [0.717, 1.165) is 36.5 Å². The molecule has 2 N–H and O–H groups in total. The molecule has 0 atom stereocenters. The maximum absolute atomic E-state index is 12.3. The quantitative estimate of drug-likeness (QED) is 0.516. The molecule has 0 saturated carbocycles. The van der Waals surface area contributed by atoms with Crippen molar-refractivity contribution in [2.45, 2.75) is 19.3 Å². The first kappa shape index (κ1) is 19.9. The van der Waals surface area contributed by atoms with Gasteiger partial charge in [-0.1, -0.05) is 54.1 Å². The summed E-state index contributed by atoms with van der Waals surface area (Å²) in [4.78, 5) is 16.5. The molecule has 5 heteroatoms. The predicted octanol–water partition coefficient (Wildman–Crippen LogP) is 4.75. The van der Waals surface area contributed by atoms with Crippen molar-refractivity contribution in [3.8, 4) is 0 Å². The fourth-order valence-corrected chi connectivity index (χ4v) is 3.03. The van der Waals surface area contributed by atoms with Gasteiger partial charge in [0.05, 0.1) is 11.3 Å². The minimum absolute atomic E-state index is 0.0955. The van der Waals surface area contributed by atoms with Crippen molar-refractivity contribution in [2.24, 2.45) is 0 Å². The number of rotatable bonds is 9. The van der Waals surface area contributed by atoms with E-state index in [-0.39, 0.29) is 5.91 Å². The van der Waals surface area contributed by atoms with E-state index < -0.39 is 0 Å². The molecular formula is C23H24ClN3O. The van der Waals surface area contributed by atoms with Crippen LogP contribution in [0.3, 0.4) is 0 Å². The fourth-order valence-electron chi connectivity index (χ4n) is 2.90. The molecule has 0 aliphatic carbocycles. The van der Waals surface area contributed by atoms with Gasteiger partial charge in [-0.2, -0.15) is 0 Å². The molecule has 28 heavy (non-hydrogen) atoms. The molecule has 1 amide bonds. The number of benzene rings is 2. The number of aromatic nitrogens is 1. The largest absolute Gasteiger partial charge is 0.383 e. The van der Waals surface area contributed by atoms with Crippen molar-refractivity contribution in [3.63, 3.8) is 0 Å². The molecule has 3 rings (SSSR count). The van der Waals surface area contributed by atoms with Crippen LogP contribution in [0.2, 0.25) is 5.02 Å². The zero-order chi connectivity index (χ0) is 19.6. The smallest absolute Gasteiger partial charge is 0.252 e. The zero-order valence-corrected chi connectivity index (χ0v) is 16.5. The Kier molecular flexibility index (Phi) is 7.44. The fraction of sp³-hybridized carbons (Fsp3) is 0.217. The Hall–Kier alpha value is -2.85. The van der Waals surface area contributed by atoms with Gasteiger partial charge < -0.3 is 10.6 Å².